The van der Waals surface area contributed by atoms with Crippen molar-refractivity contribution in [2.24, 2.45) is 0 Å². The Balaban J connectivity index is 1.63. The summed E-state index contributed by atoms with van der Waals surface area (Å²) in [4.78, 5) is 20.6. The fourth-order valence-corrected chi connectivity index (χ4v) is 3.93. The number of carbonyl (C=O) groups excluding carboxylic acids is 1. The molecule has 1 amide bonds. The lowest BCUT2D eigenvalue weighted by Gasteiger charge is -2.27. The number of amides is 1. The zero-order chi connectivity index (χ0) is 16.0. The average molecular weight is 326 g/mol. The van der Waals surface area contributed by atoms with E-state index in [1.54, 1.807) is 23.7 Å². The molecule has 0 unspecified atom stereocenters. The molecule has 0 bridgehead atoms. The van der Waals surface area contributed by atoms with Gasteiger partial charge in [-0.05, 0) is 43.3 Å². The van der Waals surface area contributed by atoms with Crippen LogP contribution in [0.3, 0.4) is 0 Å². The highest BCUT2D eigenvalue weighted by Crippen LogP contribution is 2.25. The lowest BCUT2D eigenvalue weighted by atomic mass is 10.1. The molecule has 0 spiro atoms. The molecule has 4 rings (SSSR count). The molecule has 0 aromatic carbocycles. The Morgan fingerprint density at radius 2 is 2.22 bits per heavy atom. The van der Waals surface area contributed by atoms with Gasteiger partial charge < -0.3 is 4.90 Å². The molecule has 3 aromatic rings. The Morgan fingerprint density at radius 3 is 3.04 bits per heavy atom. The predicted octanol–water partition coefficient (Wildman–Crippen LogP) is 3.27. The van der Waals surface area contributed by atoms with E-state index in [9.17, 15) is 4.79 Å². The van der Waals surface area contributed by atoms with Crippen molar-refractivity contribution < 1.29 is 4.79 Å². The molecule has 23 heavy (non-hydrogen) atoms. The van der Waals surface area contributed by atoms with Crippen LogP contribution in [0.2, 0.25) is 0 Å². The van der Waals surface area contributed by atoms with Gasteiger partial charge in [-0.2, -0.15) is 5.10 Å². The predicted molar refractivity (Wildman–Crippen MR) is 90.7 cm³/mol. The largest absolute Gasteiger partial charge is 0.334 e. The van der Waals surface area contributed by atoms with Gasteiger partial charge in [-0.3, -0.25) is 4.79 Å². The van der Waals surface area contributed by atoms with Crippen molar-refractivity contribution >= 4 is 28.3 Å². The molecule has 0 fully saturated rings. The van der Waals surface area contributed by atoms with Crippen LogP contribution in [-0.4, -0.2) is 32.1 Å². The number of aromatic nitrogens is 3. The van der Waals surface area contributed by atoms with Gasteiger partial charge in [-0.25, -0.2) is 9.67 Å². The molecule has 0 saturated carbocycles. The third-order valence-corrected chi connectivity index (χ3v) is 5.29. The summed E-state index contributed by atoms with van der Waals surface area (Å²) in [6.45, 7) is 5.61. The second kappa shape index (κ2) is 5.45. The minimum atomic E-state index is 0.0496. The average Bonchev–Trinajstić information content (AvgIpc) is 3.19. The first kappa shape index (κ1) is 14.4. The standard InChI is InChI=1S/C17H18N4OS/c1-11(2)21-16-13(9-19-21)7-14(8-18-16)17(22)20-5-3-15-12(10-20)4-6-23-15/h4,6-9,11H,3,5,10H2,1-2H3. The molecule has 118 valence electrons. The normalized spacial score (nSPS) is 14.5. The second-order valence-electron chi connectivity index (χ2n) is 6.17. The number of carbonyl (C=O) groups is 1. The molecule has 0 radical (unpaired) electrons. The summed E-state index contributed by atoms with van der Waals surface area (Å²) >= 11 is 1.78. The molecule has 3 aromatic heterocycles. The summed E-state index contributed by atoms with van der Waals surface area (Å²) in [6.07, 6.45) is 4.40. The third-order valence-electron chi connectivity index (χ3n) is 4.26. The van der Waals surface area contributed by atoms with E-state index in [2.05, 4.69) is 35.4 Å². The van der Waals surface area contributed by atoms with Crippen molar-refractivity contribution in [2.45, 2.75) is 32.9 Å². The van der Waals surface area contributed by atoms with Crippen LogP contribution in [0.1, 0.15) is 40.7 Å². The van der Waals surface area contributed by atoms with E-state index in [4.69, 9.17) is 0 Å². The Kier molecular flexibility index (Phi) is 3.41. The van der Waals surface area contributed by atoms with Gasteiger partial charge >= 0.3 is 0 Å². The lowest BCUT2D eigenvalue weighted by molar-refractivity contribution is 0.0735. The van der Waals surface area contributed by atoms with Gasteiger partial charge in [0.05, 0.1) is 11.8 Å². The molecule has 0 atom stereocenters. The Morgan fingerprint density at radius 1 is 1.35 bits per heavy atom. The second-order valence-corrected chi connectivity index (χ2v) is 7.17. The van der Waals surface area contributed by atoms with Crippen LogP contribution >= 0.6 is 11.3 Å². The van der Waals surface area contributed by atoms with Crippen LogP contribution in [-0.2, 0) is 13.0 Å². The topological polar surface area (TPSA) is 51.0 Å². The number of nitrogens with zero attached hydrogens (tertiary/aromatic N) is 4. The van der Waals surface area contributed by atoms with Crippen LogP contribution in [0.15, 0.2) is 29.9 Å². The van der Waals surface area contributed by atoms with Crippen molar-refractivity contribution in [1.29, 1.82) is 0 Å². The van der Waals surface area contributed by atoms with Crippen LogP contribution in [0.5, 0.6) is 0 Å². The smallest absolute Gasteiger partial charge is 0.255 e. The summed E-state index contributed by atoms with van der Waals surface area (Å²) in [5, 5.41) is 7.38. The van der Waals surface area contributed by atoms with Crippen LogP contribution < -0.4 is 0 Å². The maximum Gasteiger partial charge on any atom is 0.255 e. The van der Waals surface area contributed by atoms with Gasteiger partial charge in [-0.15, -0.1) is 11.3 Å². The van der Waals surface area contributed by atoms with Gasteiger partial charge in [-0.1, -0.05) is 0 Å². The van der Waals surface area contributed by atoms with Crippen molar-refractivity contribution in [1.82, 2.24) is 19.7 Å². The molecular weight excluding hydrogens is 308 g/mol. The molecule has 4 heterocycles. The molecular formula is C17H18N4OS. The Labute approximate surface area is 138 Å². The van der Waals surface area contributed by atoms with Crippen LogP contribution in [0.25, 0.3) is 11.0 Å². The minimum Gasteiger partial charge on any atom is -0.334 e. The van der Waals surface area contributed by atoms with Gasteiger partial charge in [0, 0.05) is 35.6 Å². The number of thiophene rings is 1. The number of pyridine rings is 1. The van der Waals surface area contributed by atoms with E-state index in [1.807, 2.05) is 15.6 Å². The number of fused-ring (bicyclic) bond motifs is 2. The molecule has 6 heteroatoms. The van der Waals surface area contributed by atoms with Gasteiger partial charge in [0.2, 0.25) is 0 Å². The molecule has 1 aliphatic rings. The van der Waals surface area contributed by atoms with E-state index in [0.29, 0.717) is 12.1 Å². The van der Waals surface area contributed by atoms with Gasteiger partial charge in [0.1, 0.15) is 0 Å². The molecule has 1 aliphatic heterocycles. The highest BCUT2D eigenvalue weighted by Gasteiger charge is 2.23. The van der Waals surface area contributed by atoms with Crippen molar-refractivity contribution in [3.63, 3.8) is 0 Å². The van der Waals surface area contributed by atoms with Crippen molar-refractivity contribution in [3.8, 4) is 0 Å². The molecule has 5 nitrogen and oxygen atoms in total. The summed E-state index contributed by atoms with van der Waals surface area (Å²) in [5.41, 5.74) is 2.74. The SMILES string of the molecule is CC(C)n1ncc2cc(C(=O)N3CCc4sccc4C3)cnc21. The maximum absolute atomic E-state index is 12.8. The highest BCUT2D eigenvalue weighted by molar-refractivity contribution is 7.10. The van der Waals surface area contributed by atoms with Gasteiger partial charge in [0.25, 0.3) is 5.91 Å². The zero-order valence-corrected chi connectivity index (χ0v) is 14.0. The molecule has 0 saturated heterocycles. The van der Waals surface area contributed by atoms with E-state index >= 15 is 0 Å². The lowest BCUT2D eigenvalue weighted by Crippen LogP contribution is -2.35. The van der Waals surface area contributed by atoms with Crippen molar-refractivity contribution in [2.75, 3.05) is 6.54 Å². The summed E-state index contributed by atoms with van der Waals surface area (Å²) < 4.78 is 1.88. The summed E-state index contributed by atoms with van der Waals surface area (Å²) in [6, 6.07) is 4.27. The first-order valence-corrected chi connectivity index (χ1v) is 8.69. The van der Waals surface area contributed by atoms with Gasteiger partial charge in [0.15, 0.2) is 5.65 Å². The number of hydrogen-bond acceptors (Lipinski definition) is 4. The van der Waals surface area contributed by atoms with Crippen LogP contribution in [0, 0.1) is 0 Å². The Bertz CT molecular complexity index is 880. The third kappa shape index (κ3) is 2.43. The first-order chi connectivity index (χ1) is 11.1. The summed E-state index contributed by atoms with van der Waals surface area (Å²) in [7, 11) is 0. The molecule has 0 N–H and O–H groups in total. The minimum absolute atomic E-state index is 0.0496. The van der Waals surface area contributed by atoms with Crippen molar-refractivity contribution in [3.05, 3.63) is 45.9 Å². The number of hydrogen-bond donors (Lipinski definition) is 0. The quantitative estimate of drug-likeness (QED) is 0.726. The molecule has 0 aliphatic carbocycles. The Hall–Kier alpha value is -2.21. The highest BCUT2D eigenvalue weighted by atomic mass is 32.1. The zero-order valence-electron chi connectivity index (χ0n) is 13.2. The van der Waals surface area contributed by atoms with E-state index in [0.717, 1.165) is 24.0 Å². The van der Waals surface area contributed by atoms with Crippen LogP contribution in [0.4, 0.5) is 0 Å². The fourth-order valence-electron chi connectivity index (χ4n) is 3.04. The maximum atomic E-state index is 12.8. The monoisotopic (exact) mass is 326 g/mol. The summed E-state index contributed by atoms with van der Waals surface area (Å²) in [5.74, 6) is 0.0496. The van der Waals surface area contributed by atoms with E-state index < -0.39 is 0 Å². The first-order valence-electron chi connectivity index (χ1n) is 7.81. The van der Waals surface area contributed by atoms with E-state index in [1.165, 1.54) is 10.4 Å². The number of rotatable bonds is 2. The van der Waals surface area contributed by atoms with E-state index in [-0.39, 0.29) is 11.9 Å². The fraction of sp³-hybridized carbons (Fsp3) is 0.353.